The summed E-state index contributed by atoms with van der Waals surface area (Å²) in [6, 6.07) is 14.0. The topological polar surface area (TPSA) is 94.5 Å². The van der Waals surface area contributed by atoms with Gasteiger partial charge in [0.25, 0.3) is 11.7 Å². The summed E-state index contributed by atoms with van der Waals surface area (Å²) < 4.78 is 21.8. The number of ketones is 1. The Labute approximate surface area is 236 Å². The van der Waals surface area contributed by atoms with Gasteiger partial charge in [0.2, 0.25) is 0 Å². The van der Waals surface area contributed by atoms with Gasteiger partial charge >= 0.3 is 0 Å². The summed E-state index contributed by atoms with van der Waals surface area (Å²) in [5, 5.41) is 11.7. The number of nitrogens with zero attached hydrogens (tertiary/aromatic N) is 1. The fourth-order valence-corrected chi connectivity index (χ4v) is 5.17. The third-order valence-corrected chi connectivity index (χ3v) is 6.76. The normalized spacial score (nSPS) is 16.5. The Morgan fingerprint density at radius 1 is 0.897 bits per heavy atom. The van der Waals surface area contributed by atoms with Crippen LogP contribution >= 0.6 is 23.2 Å². The van der Waals surface area contributed by atoms with E-state index in [2.05, 4.69) is 0 Å². The van der Waals surface area contributed by atoms with Crippen molar-refractivity contribution in [1.82, 2.24) is 0 Å². The van der Waals surface area contributed by atoms with E-state index in [1.165, 1.54) is 32.3 Å². The van der Waals surface area contributed by atoms with Crippen LogP contribution in [-0.2, 0) is 9.59 Å². The van der Waals surface area contributed by atoms with Crippen LogP contribution in [0, 0.1) is 0 Å². The summed E-state index contributed by atoms with van der Waals surface area (Å²) in [4.78, 5) is 28.4. The summed E-state index contributed by atoms with van der Waals surface area (Å²) in [6.45, 7) is 3.78. The largest absolute Gasteiger partial charge is 0.507 e. The van der Waals surface area contributed by atoms with Crippen LogP contribution in [0.2, 0.25) is 10.0 Å². The fraction of sp³-hybridized carbons (Fsp3) is 0.241. The number of aliphatic hydroxyl groups excluding tert-OH is 1. The molecule has 1 atom stereocenters. The van der Waals surface area contributed by atoms with Crippen molar-refractivity contribution >= 4 is 46.3 Å². The second-order valence-electron chi connectivity index (χ2n) is 8.89. The molecule has 3 aromatic carbocycles. The predicted molar refractivity (Wildman–Crippen MR) is 150 cm³/mol. The standard InChI is InChI=1S/C29H27Cl2NO7/c1-15(2)39-19-8-6-7-16(13-19)24-22(25(33)20-14-21(30)28(38-5)23(31)27(20)37-4)26(34)29(35)32(24)17-9-11-18(36-3)12-10-17/h6-15,24,33H,1-5H3/b25-22+. The molecule has 0 saturated carbocycles. The van der Waals surface area contributed by atoms with E-state index in [0.29, 0.717) is 22.7 Å². The van der Waals surface area contributed by atoms with Crippen LogP contribution < -0.4 is 23.8 Å². The zero-order valence-corrected chi connectivity index (χ0v) is 23.5. The molecule has 8 nitrogen and oxygen atoms in total. The summed E-state index contributed by atoms with van der Waals surface area (Å²) in [5.41, 5.74) is 0.818. The number of aliphatic hydroxyl groups is 1. The summed E-state index contributed by atoms with van der Waals surface area (Å²) in [6.07, 6.45) is -0.110. The van der Waals surface area contributed by atoms with Gasteiger partial charge in [0.1, 0.15) is 22.3 Å². The molecule has 1 N–H and O–H groups in total. The molecule has 0 spiro atoms. The second kappa shape index (κ2) is 11.5. The summed E-state index contributed by atoms with van der Waals surface area (Å²) >= 11 is 12.8. The average Bonchev–Trinajstić information content (AvgIpc) is 3.18. The van der Waals surface area contributed by atoms with Gasteiger partial charge in [-0.3, -0.25) is 14.5 Å². The Morgan fingerprint density at radius 3 is 2.15 bits per heavy atom. The van der Waals surface area contributed by atoms with Crippen molar-refractivity contribution in [2.75, 3.05) is 26.2 Å². The predicted octanol–water partition coefficient (Wildman–Crippen LogP) is 6.43. The van der Waals surface area contributed by atoms with E-state index < -0.39 is 23.5 Å². The molecule has 4 rings (SSSR count). The van der Waals surface area contributed by atoms with E-state index in [4.69, 9.17) is 42.1 Å². The van der Waals surface area contributed by atoms with Gasteiger partial charge in [0, 0.05) is 5.69 Å². The number of methoxy groups -OCH3 is 3. The van der Waals surface area contributed by atoms with Gasteiger partial charge in [-0.2, -0.15) is 0 Å². The zero-order valence-electron chi connectivity index (χ0n) is 22.0. The first kappa shape index (κ1) is 28.1. The molecule has 1 heterocycles. The van der Waals surface area contributed by atoms with Gasteiger partial charge in [-0.25, -0.2) is 0 Å². The average molecular weight is 572 g/mol. The van der Waals surface area contributed by atoms with Crippen LogP contribution in [0.15, 0.2) is 60.2 Å². The first-order chi connectivity index (χ1) is 18.6. The highest BCUT2D eigenvalue weighted by Crippen LogP contribution is 2.48. The van der Waals surface area contributed by atoms with E-state index in [-0.39, 0.29) is 38.8 Å². The third-order valence-electron chi connectivity index (χ3n) is 6.14. The lowest BCUT2D eigenvalue weighted by molar-refractivity contribution is -0.132. The summed E-state index contributed by atoms with van der Waals surface area (Å²) in [5.74, 6) is -0.947. The van der Waals surface area contributed by atoms with Crippen molar-refractivity contribution in [2.24, 2.45) is 0 Å². The lowest BCUT2D eigenvalue weighted by Crippen LogP contribution is -2.29. The Balaban J connectivity index is 2.00. The number of Topliss-reactive ketones (excluding diaryl/α,β-unsaturated/α-hetero) is 1. The molecular weight excluding hydrogens is 545 g/mol. The number of rotatable bonds is 8. The Hall–Kier alpha value is -3.88. The molecule has 1 saturated heterocycles. The van der Waals surface area contributed by atoms with Gasteiger partial charge in [0.15, 0.2) is 11.5 Å². The highest BCUT2D eigenvalue weighted by atomic mass is 35.5. The molecule has 0 radical (unpaired) electrons. The highest BCUT2D eigenvalue weighted by molar-refractivity contribution is 6.52. The highest BCUT2D eigenvalue weighted by Gasteiger charge is 2.47. The number of carbonyl (C=O) groups excluding carboxylic acids is 2. The molecule has 0 bridgehead atoms. The van der Waals surface area contributed by atoms with E-state index in [9.17, 15) is 14.7 Å². The number of carbonyl (C=O) groups is 2. The van der Waals surface area contributed by atoms with Crippen LogP contribution in [-0.4, -0.2) is 44.2 Å². The maximum absolute atomic E-state index is 13.6. The minimum absolute atomic E-state index is 0.00214. The van der Waals surface area contributed by atoms with Crippen molar-refractivity contribution in [1.29, 1.82) is 0 Å². The van der Waals surface area contributed by atoms with Crippen molar-refractivity contribution in [3.8, 4) is 23.0 Å². The molecule has 3 aromatic rings. The van der Waals surface area contributed by atoms with Gasteiger partial charge in [0.05, 0.1) is 49.6 Å². The van der Waals surface area contributed by atoms with Crippen molar-refractivity contribution in [3.05, 3.63) is 81.3 Å². The molecule has 10 heteroatoms. The van der Waals surface area contributed by atoms with Crippen LogP contribution in [0.3, 0.4) is 0 Å². The van der Waals surface area contributed by atoms with E-state index >= 15 is 0 Å². The number of ether oxygens (including phenoxy) is 4. The molecule has 39 heavy (non-hydrogen) atoms. The van der Waals surface area contributed by atoms with Crippen LogP contribution in [0.4, 0.5) is 5.69 Å². The molecule has 1 unspecified atom stereocenters. The number of amides is 1. The Morgan fingerprint density at radius 2 is 1.56 bits per heavy atom. The Bertz CT molecular complexity index is 1450. The van der Waals surface area contributed by atoms with E-state index in [1.807, 2.05) is 13.8 Å². The number of hydrogen-bond donors (Lipinski definition) is 1. The zero-order chi connectivity index (χ0) is 28.4. The number of halogens is 2. The lowest BCUT2D eigenvalue weighted by Gasteiger charge is -2.26. The molecule has 1 aliphatic heterocycles. The molecule has 1 amide bonds. The molecule has 1 fully saturated rings. The van der Waals surface area contributed by atoms with E-state index in [0.717, 1.165) is 0 Å². The number of benzene rings is 3. The maximum atomic E-state index is 13.6. The SMILES string of the molecule is COc1ccc(N2C(=O)C(=O)/C(=C(/O)c3cc(Cl)c(OC)c(Cl)c3OC)C2c2cccc(OC(C)C)c2)cc1. The smallest absolute Gasteiger partial charge is 0.300 e. The molecule has 1 aliphatic rings. The van der Waals surface area contributed by atoms with Gasteiger partial charge in [-0.1, -0.05) is 35.3 Å². The second-order valence-corrected chi connectivity index (χ2v) is 9.68. The van der Waals surface area contributed by atoms with Crippen LogP contribution in [0.1, 0.15) is 31.0 Å². The van der Waals surface area contributed by atoms with Gasteiger partial charge < -0.3 is 24.1 Å². The summed E-state index contributed by atoms with van der Waals surface area (Å²) in [7, 11) is 4.27. The number of anilines is 1. The minimum Gasteiger partial charge on any atom is -0.507 e. The Kier molecular flexibility index (Phi) is 8.28. The first-order valence-electron chi connectivity index (χ1n) is 11.9. The lowest BCUT2D eigenvalue weighted by atomic mass is 9.94. The number of hydrogen-bond acceptors (Lipinski definition) is 7. The third kappa shape index (κ3) is 5.22. The fourth-order valence-electron chi connectivity index (χ4n) is 4.48. The quantitative estimate of drug-likeness (QED) is 0.189. The van der Waals surface area contributed by atoms with Crippen LogP contribution in [0.5, 0.6) is 23.0 Å². The van der Waals surface area contributed by atoms with Crippen molar-refractivity contribution in [2.45, 2.75) is 26.0 Å². The maximum Gasteiger partial charge on any atom is 0.300 e. The monoisotopic (exact) mass is 571 g/mol. The van der Waals surface area contributed by atoms with Gasteiger partial charge in [-0.15, -0.1) is 0 Å². The molecule has 0 aliphatic carbocycles. The van der Waals surface area contributed by atoms with E-state index in [1.54, 1.807) is 48.5 Å². The van der Waals surface area contributed by atoms with Crippen molar-refractivity contribution in [3.63, 3.8) is 0 Å². The molecule has 204 valence electrons. The van der Waals surface area contributed by atoms with Crippen molar-refractivity contribution < 1.29 is 33.6 Å². The van der Waals surface area contributed by atoms with Gasteiger partial charge in [-0.05, 0) is 61.9 Å². The molecule has 0 aromatic heterocycles. The minimum atomic E-state index is -1.02. The van der Waals surface area contributed by atoms with Crippen LogP contribution in [0.25, 0.3) is 5.76 Å². The molecular formula is C29H27Cl2NO7. The first-order valence-corrected chi connectivity index (χ1v) is 12.7.